The average molecular weight is 453 g/mol. The number of rotatable bonds is 5. The second kappa shape index (κ2) is 9.12. The lowest BCUT2D eigenvalue weighted by Crippen LogP contribution is -2.42. The average Bonchev–Trinajstić information content (AvgIpc) is 2.79. The number of nitrogens with zero attached hydrogens (tertiary/aromatic N) is 2. The minimum absolute atomic E-state index is 0.108. The Hall–Kier alpha value is -3.19. The van der Waals surface area contributed by atoms with Crippen molar-refractivity contribution in [3.63, 3.8) is 0 Å². The van der Waals surface area contributed by atoms with Gasteiger partial charge in [0.25, 0.3) is 11.5 Å². The molecule has 0 unspecified atom stereocenters. The monoisotopic (exact) mass is 452 g/mol. The largest absolute Gasteiger partial charge is 0.351 e. The highest BCUT2D eigenvalue weighted by atomic mass is 35.5. The molecule has 0 aliphatic heterocycles. The molecule has 8 heteroatoms. The van der Waals surface area contributed by atoms with Crippen molar-refractivity contribution in [1.29, 1.82) is 0 Å². The lowest BCUT2D eigenvalue weighted by atomic mass is 9.69. The zero-order valence-electron chi connectivity index (χ0n) is 17.9. The van der Waals surface area contributed by atoms with Gasteiger partial charge in [0.1, 0.15) is 6.20 Å². The molecule has 7 nitrogen and oxygen atoms in total. The summed E-state index contributed by atoms with van der Waals surface area (Å²) in [4.78, 5) is 38.6. The topological polar surface area (TPSA) is 96.8 Å². The van der Waals surface area contributed by atoms with Crippen molar-refractivity contribution in [2.75, 3.05) is 6.54 Å². The second-order valence-electron chi connectivity index (χ2n) is 8.40. The van der Waals surface area contributed by atoms with E-state index in [0.29, 0.717) is 12.2 Å². The highest BCUT2D eigenvalue weighted by Crippen LogP contribution is 2.39. The lowest BCUT2D eigenvalue weighted by Gasteiger charge is -2.38. The SMILES string of the molecule is Cc1ccc(C2(CNC(=O)c3cc(-n4ncc(=O)[nH]c4=O)ccc3Cl)CCCCC2)cc1. The van der Waals surface area contributed by atoms with Crippen molar-refractivity contribution in [2.45, 2.75) is 44.4 Å². The van der Waals surface area contributed by atoms with Gasteiger partial charge in [0.15, 0.2) is 0 Å². The summed E-state index contributed by atoms with van der Waals surface area (Å²) in [5.74, 6) is -0.314. The summed E-state index contributed by atoms with van der Waals surface area (Å²) >= 11 is 6.31. The van der Waals surface area contributed by atoms with E-state index >= 15 is 0 Å². The Morgan fingerprint density at radius 3 is 2.53 bits per heavy atom. The molecule has 2 aromatic carbocycles. The first-order chi connectivity index (χ1) is 15.4. The van der Waals surface area contributed by atoms with Crippen LogP contribution in [0.5, 0.6) is 0 Å². The van der Waals surface area contributed by atoms with Crippen molar-refractivity contribution < 1.29 is 4.79 Å². The van der Waals surface area contributed by atoms with Crippen LogP contribution in [0.25, 0.3) is 5.69 Å². The van der Waals surface area contributed by atoms with Gasteiger partial charge in [0.05, 0.1) is 16.3 Å². The Morgan fingerprint density at radius 2 is 1.84 bits per heavy atom. The van der Waals surface area contributed by atoms with Crippen molar-refractivity contribution in [2.24, 2.45) is 0 Å². The molecule has 2 N–H and O–H groups in total. The van der Waals surface area contributed by atoms with Gasteiger partial charge in [0.2, 0.25) is 0 Å². The standard InChI is InChI=1S/C24H25ClN4O3/c1-16-5-7-17(8-6-16)24(11-3-2-4-12-24)15-26-22(31)19-13-18(9-10-20(19)25)29-23(32)28-21(30)14-27-29/h5-10,13-14H,2-4,11-12,15H2,1H3,(H,26,31)(H,28,30,32). The van der Waals surface area contributed by atoms with Gasteiger partial charge in [-0.25, -0.2) is 4.79 Å². The molecule has 0 spiro atoms. The van der Waals surface area contributed by atoms with Crippen LogP contribution in [-0.2, 0) is 5.41 Å². The molecule has 0 atom stereocenters. The first-order valence-electron chi connectivity index (χ1n) is 10.7. The number of hydrogen-bond acceptors (Lipinski definition) is 4. The lowest BCUT2D eigenvalue weighted by molar-refractivity contribution is 0.0936. The van der Waals surface area contributed by atoms with E-state index in [1.807, 2.05) is 0 Å². The molecule has 4 rings (SSSR count). The number of hydrogen-bond donors (Lipinski definition) is 2. The van der Waals surface area contributed by atoms with Gasteiger partial charge in [-0.1, -0.05) is 60.7 Å². The summed E-state index contributed by atoms with van der Waals surface area (Å²) in [6, 6.07) is 13.2. The van der Waals surface area contributed by atoms with E-state index in [9.17, 15) is 14.4 Å². The van der Waals surface area contributed by atoms with Crippen LogP contribution in [0.15, 0.2) is 58.3 Å². The predicted molar refractivity (Wildman–Crippen MR) is 124 cm³/mol. The van der Waals surface area contributed by atoms with E-state index in [2.05, 4.69) is 46.6 Å². The number of H-pyrrole nitrogens is 1. The molecule has 0 bridgehead atoms. The van der Waals surface area contributed by atoms with Crippen LogP contribution in [0.1, 0.15) is 53.6 Å². The van der Waals surface area contributed by atoms with E-state index in [1.54, 1.807) is 12.1 Å². The van der Waals surface area contributed by atoms with Gasteiger partial charge in [0, 0.05) is 12.0 Å². The Morgan fingerprint density at radius 1 is 1.12 bits per heavy atom. The molecule has 1 aliphatic rings. The number of nitrogens with one attached hydrogen (secondary N) is 2. The minimum Gasteiger partial charge on any atom is -0.351 e. The fourth-order valence-electron chi connectivity index (χ4n) is 4.40. The number of aryl methyl sites for hydroxylation is 1. The predicted octanol–water partition coefficient (Wildman–Crippen LogP) is 3.51. The van der Waals surface area contributed by atoms with E-state index in [1.165, 1.54) is 23.6 Å². The second-order valence-corrected chi connectivity index (χ2v) is 8.81. The van der Waals surface area contributed by atoms with Crippen LogP contribution in [0.2, 0.25) is 5.02 Å². The smallest absolute Gasteiger partial charge is 0.349 e. The normalized spacial score (nSPS) is 15.3. The minimum atomic E-state index is -0.688. The molecule has 1 saturated carbocycles. The first-order valence-corrected chi connectivity index (χ1v) is 11.1. The third-order valence-electron chi connectivity index (χ3n) is 6.21. The van der Waals surface area contributed by atoms with Crippen molar-refractivity contribution in [3.05, 3.63) is 91.2 Å². The van der Waals surface area contributed by atoms with Gasteiger partial charge in [-0.05, 0) is 43.5 Å². The van der Waals surface area contributed by atoms with Crippen molar-refractivity contribution in [3.8, 4) is 5.69 Å². The molecule has 1 heterocycles. The molecule has 0 saturated heterocycles. The number of amides is 1. The molecule has 1 amide bonds. The third kappa shape index (κ3) is 4.53. The number of aromatic nitrogens is 3. The van der Waals surface area contributed by atoms with E-state index in [0.717, 1.165) is 36.6 Å². The summed E-state index contributed by atoms with van der Waals surface area (Å²) in [5, 5.41) is 7.19. The Labute approximate surface area is 190 Å². The number of halogens is 1. The van der Waals surface area contributed by atoms with Crippen LogP contribution in [0, 0.1) is 6.92 Å². The Kier molecular flexibility index (Phi) is 6.28. The summed E-state index contributed by atoms with van der Waals surface area (Å²) in [6.45, 7) is 2.57. The maximum atomic E-state index is 13.1. The van der Waals surface area contributed by atoms with E-state index in [-0.39, 0.29) is 21.9 Å². The van der Waals surface area contributed by atoms with E-state index < -0.39 is 11.2 Å². The van der Waals surface area contributed by atoms with Gasteiger partial charge in [-0.2, -0.15) is 9.78 Å². The van der Waals surface area contributed by atoms with Crippen molar-refractivity contribution >= 4 is 17.5 Å². The highest BCUT2D eigenvalue weighted by Gasteiger charge is 2.34. The van der Waals surface area contributed by atoms with Gasteiger partial charge in [-0.15, -0.1) is 0 Å². The molecule has 32 heavy (non-hydrogen) atoms. The van der Waals surface area contributed by atoms with E-state index in [4.69, 9.17) is 11.6 Å². The zero-order valence-corrected chi connectivity index (χ0v) is 18.6. The molecule has 1 aromatic heterocycles. The Bertz CT molecular complexity index is 1240. The fraction of sp³-hybridized carbons (Fsp3) is 0.333. The zero-order chi connectivity index (χ0) is 22.7. The number of aromatic amines is 1. The van der Waals surface area contributed by atoms with Crippen LogP contribution < -0.4 is 16.6 Å². The van der Waals surface area contributed by atoms with Gasteiger partial charge >= 0.3 is 5.69 Å². The van der Waals surface area contributed by atoms with Crippen LogP contribution in [0.3, 0.4) is 0 Å². The maximum absolute atomic E-state index is 13.1. The van der Waals surface area contributed by atoms with Crippen LogP contribution >= 0.6 is 11.6 Å². The Balaban J connectivity index is 1.59. The number of benzene rings is 2. The maximum Gasteiger partial charge on any atom is 0.349 e. The molecule has 3 aromatic rings. The summed E-state index contributed by atoms with van der Waals surface area (Å²) < 4.78 is 1.02. The fourth-order valence-corrected chi connectivity index (χ4v) is 4.61. The number of carbonyl (C=O) groups is 1. The van der Waals surface area contributed by atoms with Crippen LogP contribution in [0.4, 0.5) is 0 Å². The number of carbonyl (C=O) groups excluding carboxylic acids is 1. The first kappa shape index (κ1) is 22.0. The third-order valence-corrected chi connectivity index (χ3v) is 6.54. The van der Waals surface area contributed by atoms with Gasteiger partial charge in [-0.3, -0.25) is 14.6 Å². The molecule has 1 fully saturated rings. The molecular formula is C24H25ClN4O3. The molecule has 166 valence electrons. The summed E-state index contributed by atoms with van der Waals surface area (Å²) in [7, 11) is 0. The summed E-state index contributed by atoms with van der Waals surface area (Å²) in [6.07, 6.45) is 6.49. The van der Waals surface area contributed by atoms with Gasteiger partial charge < -0.3 is 5.32 Å². The highest BCUT2D eigenvalue weighted by molar-refractivity contribution is 6.33. The summed E-state index contributed by atoms with van der Waals surface area (Å²) in [5.41, 5.74) is 1.65. The molecular weight excluding hydrogens is 428 g/mol. The van der Waals surface area contributed by atoms with Crippen LogP contribution in [-0.4, -0.2) is 27.2 Å². The molecule has 1 aliphatic carbocycles. The quantitative estimate of drug-likeness (QED) is 0.619. The van der Waals surface area contributed by atoms with Crippen molar-refractivity contribution in [1.82, 2.24) is 20.1 Å². The molecule has 0 radical (unpaired) electrons.